The normalized spacial score (nSPS) is 10.3. The largest absolute Gasteiger partial charge is 0.493 e. The number of amides is 1. The monoisotopic (exact) mass is 319 g/mol. The van der Waals surface area contributed by atoms with Crippen LogP contribution in [0.1, 0.15) is 27.0 Å². The molecule has 4 nitrogen and oxygen atoms in total. The second-order valence-electron chi connectivity index (χ2n) is 4.81. The number of ether oxygens (including phenoxy) is 2. The highest BCUT2D eigenvalue weighted by Crippen LogP contribution is 2.27. The summed E-state index contributed by atoms with van der Waals surface area (Å²) < 4.78 is 10.5. The van der Waals surface area contributed by atoms with Gasteiger partial charge in [-0.05, 0) is 42.7 Å². The number of nitrogens with one attached hydrogen (secondary N) is 1. The van der Waals surface area contributed by atoms with Gasteiger partial charge in [-0.15, -0.1) is 11.3 Å². The Kier molecular flexibility index (Phi) is 5.83. The van der Waals surface area contributed by atoms with Crippen LogP contribution in [0.15, 0.2) is 30.3 Å². The van der Waals surface area contributed by atoms with Crippen LogP contribution >= 0.6 is 11.3 Å². The molecule has 2 rings (SSSR count). The van der Waals surface area contributed by atoms with Crippen LogP contribution in [0.5, 0.6) is 11.5 Å². The van der Waals surface area contributed by atoms with E-state index in [2.05, 4.69) is 12.2 Å². The first-order chi connectivity index (χ1) is 10.7. The lowest BCUT2D eigenvalue weighted by molar-refractivity contribution is 0.0958. The Balaban J connectivity index is 1.89. The molecule has 1 heterocycles. The molecule has 2 aromatic rings. The lowest BCUT2D eigenvalue weighted by atomic mass is 10.1. The minimum absolute atomic E-state index is 0.00910. The summed E-state index contributed by atoms with van der Waals surface area (Å²) in [6, 6.07) is 9.69. The molecule has 1 amide bonds. The Morgan fingerprint density at radius 1 is 1.14 bits per heavy atom. The Hall–Kier alpha value is -2.01. The van der Waals surface area contributed by atoms with Crippen molar-refractivity contribution in [1.29, 1.82) is 0 Å². The van der Waals surface area contributed by atoms with Crippen molar-refractivity contribution in [2.75, 3.05) is 20.8 Å². The van der Waals surface area contributed by atoms with Crippen molar-refractivity contribution in [2.45, 2.75) is 19.8 Å². The molecule has 1 N–H and O–H groups in total. The third-order valence-electron chi connectivity index (χ3n) is 3.38. The zero-order chi connectivity index (χ0) is 15.9. The van der Waals surface area contributed by atoms with Crippen LogP contribution in [0.4, 0.5) is 0 Å². The van der Waals surface area contributed by atoms with Crippen LogP contribution in [0.2, 0.25) is 0 Å². The lowest BCUT2D eigenvalue weighted by Crippen LogP contribution is -2.24. The summed E-state index contributed by atoms with van der Waals surface area (Å²) in [5.41, 5.74) is 1.10. The molecule has 0 fully saturated rings. The van der Waals surface area contributed by atoms with Gasteiger partial charge in [-0.2, -0.15) is 0 Å². The molecule has 118 valence electrons. The van der Waals surface area contributed by atoms with Crippen LogP contribution in [-0.2, 0) is 12.8 Å². The summed E-state index contributed by atoms with van der Waals surface area (Å²) in [4.78, 5) is 14.0. The molecule has 0 aliphatic carbocycles. The highest BCUT2D eigenvalue weighted by molar-refractivity contribution is 7.14. The predicted molar refractivity (Wildman–Crippen MR) is 89.3 cm³/mol. The summed E-state index contributed by atoms with van der Waals surface area (Å²) in [6.07, 6.45) is 1.71. The van der Waals surface area contributed by atoms with Gasteiger partial charge in [0, 0.05) is 11.4 Å². The molecular weight excluding hydrogens is 298 g/mol. The van der Waals surface area contributed by atoms with Gasteiger partial charge in [-0.25, -0.2) is 0 Å². The van der Waals surface area contributed by atoms with Gasteiger partial charge in [0.2, 0.25) is 0 Å². The van der Waals surface area contributed by atoms with Crippen molar-refractivity contribution in [3.8, 4) is 11.5 Å². The van der Waals surface area contributed by atoms with Gasteiger partial charge < -0.3 is 14.8 Å². The predicted octanol–water partition coefficient (Wildman–Crippen LogP) is 3.30. The molecule has 0 aliphatic heterocycles. The molecule has 5 heteroatoms. The zero-order valence-electron chi connectivity index (χ0n) is 13.1. The number of methoxy groups -OCH3 is 2. The fourth-order valence-corrected chi connectivity index (χ4v) is 3.00. The molecular formula is C17H21NO3S. The number of benzene rings is 1. The molecule has 0 atom stereocenters. The van der Waals surface area contributed by atoms with Gasteiger partial charge >= 0.3 is 0 Å². The van der Waals surface area contributed by atoms with E-state index in [1.807, 2.05) is 30.3 Å². The number of carbonyl (C=O) groups excluding carboxylic acids is 1. The minimum Gasteiger partial charge on any atom is -0.493 e. The van der Waals surface area contributed by atoms with E-state index in [-0.39, 0.29) is 5.91 Å². The molecule has 22 heavy (non-hydrogen) atoms. The van der Waals surface area contributed by atoms with Gasteiger partial charge in [0.05, 0.1) is 19.1 Å². The first kappa shape index (κ1) is 16.4. The van der Waals surface area contributed by atoms with E-state index >= 15 is 0 Å². The maximum absolute atomic E-state index is 12.0. The third kappa shape index (κ3) is 4.01. The van der Waals surface area contributed by atoms with Gasteiger partial charge in [0.1, 0.15) is 0 Å². The highest BCUT2D eigenvalue weighted by atomic mass is 32.1. The average molecular weight is 319 g/mol. The molecule has 0 unspecified atom stereocenters. The molecule has 0 saturated heterocycles. The summed E-state index contributed by atoms with van der Waals surface area (Å²) in [5, 5.41) is 2.95. The van der Waals surface area contributed by atoms with E-state index in [1.165, 1.54) is 4.88 Å². The number of carbonyl (C=O) groups is 1. The highest BCUT2D eigenvalue weighted by Gasteiger charge is 2.09. The Morgan fingerprint density at radius 3 is 2.55 bits per heavy atom. The molecule has 0 radical (unpaired) electrons. The van der Waals surface area contributed by atoms with Crippen LogP contribution in [0.3, 0.4) is 0 Å². The fourth-order valence-electron chi connectivity index (χ4n) is 2.13. The van der Waals surface area contributed by atoms with Crippen molar-refractivity contribution in [3.05, 3.63) is 45.6 Å². The topological polar surface area (TPSA) is 47.6 Å². The van der Waals surface area contributed by atoms with Gasteiger partial charge in [0.15, 0.2) is 11.5 Å². The maximum atomic E-state index is 12.0. The van der Waals surface area contributed by atoms with Crippen molar-refractivity contribution in [2.24, 2.45) is 0 Å². The van der Waals surface area contributed by atoms with Crippen LogP contribution in [0.25, 0.3) is 0 Å². The van der Waals surface area contributed by atoms with E-state index in [4.69, 9.17) is 9.47 Å². The summed E-state index contributed by atoms with van der Waals surface area (Å²) in [6.45, 7) is 2.68. The van der Waals surface area contributed by atoms with Crippen molar-refractivity contribution >= 4 is 17.2 Å². The van der Waals surface area contributed by atoms with Crippen molar-refractivity contribution in [1.82, 2.24) is 5.32 Å². The molecule has 0 aliphatic rings. The van der Waals surface area contributed by atoms with Crippen LogP contribution in [0, 0.1) is 0 Å². The van der Waals surface area contributed by atoms with Crippen LogP contribution in [-0.4, -0.2) is 26.7 Å². The summed E-state index contributed by atoms with van der Waals surface area (Å²) in [5.74, 6) is 1.41. The van der Waals surface area contributed by atoms with E-state index in [0.717, 1.165) is 23.3 Å². The van der Waals surface area contributed by atoms with Gasteiger partial charge in [-0.3, -0.25) is 4.79 Å². The molecule has 1 aromatic carbocycles. The number of rotatable bonds is 7. The number of hydrogen-bond donors (Lipinski definition) is 1. The molecule has 0 saturated carbocycles. The lowest BCUT2D eigenvalue weighted by Gasteiger charge is -2.10. The summed E-state index contributed by atoms with van der Waals surface area (Å²) in [7, 11) is 3.23. The second kappa shape index (κ2) is 7.84. The van der Waals surface area contributed by atoms with Gasteiger partial charge in [0.25, 0.3) is 5.91 Å². The van der Waals surface area contributed by atoms with Crippen molar-refractivity contribution in [3.63, 3.8) is 0 Å². The standard InChI is InChI=1S/C17H21NO3S/c1-4-13-6-8-16(22-13)17(19)18-10-9-12-5-7-14(20-2)15(11-12)21-3/h5-8,11H,4,9-10H2,1-3H3,(H,18,19). The Bertz CT molecular complexity index is 637. The minimum atomic E-state index is -0.00910. The molecule has 1 aromatic heterocycles. The SMILES string of the molecule is CCc1ccc(C(=O)NCCc2ccc(OC)c(OC)c2)s1. The third-order valence-corrected chi connectivity index (χ3v) is 4.61. The Labute approximate surface area is 135 Å². The number of aryl methyl sites for hydroxylation is 1. The second-order valence-corrected chi connectivity index (χ2v) is 5.98. The zero-order valence-corrected chi connectivity index (χ0v) is 14.0. The van der Waals surface area contributed by atoms with Gasteiger partial charge in [-0.1, -0.05) is 13.0 Å². The average Bonchev–Trinajstić information content (AvgIpc) is 3.03. The molecule has 0 bridgehead atoms. The van der Waals surface area contributed by atoms with Crippen LogP contribution < -0.4 is 14.8 Å². The fraction of sp³-hybridized carbons (Fsp3) is 0.353. The first-order valence-electron chi connectivity index (χ1n) is 7.25. The summed E-state index contributed by atoms with van der Waals surface area (Å²) >= 11 is 1.55. The molecule has 0 spiro atoms. The smallest absolute Gasteiger partial charge is 0.261 e. The van der Waals surface area contributed by atoms with E-state index in [9.17, 15) is 4.79 Å². The van der Waals surface area contributed by atoms with E-state index in [1.54, 1.807) is 25.6 Å². The maximum Gasteiger partial charge on any atom is 0.261 e. The van der Waals surface area contributed by atoms with E-state index in [0.29, 0.717) is 18.0 Å². The first-order valence-corrected chi connectivity index (χ1v) is 8.07. The van der Waals surface area contributed by atoms with E-state index < -0.39 is 0 Å². The van der Waals surface area contributed by atoms with Crippen molar-refractivity contribution < 1.29 is 14.3 Å². The quantitative estimate of drug-likeness (QED) is 0.852. The number of hydrogen-bond acceptors (Lipinski definition) is 4. The number of thiophene rings is 1. The Morgan fingerprint density at radius 2 is 1.91 bits per heavy atom.